The van der Waals surface area contributed by atoms with Gasteiger partial charge in [-0.3, -0.25) is 13.8 Å². The molecule has 0 rings (SSSR count). The van der Waals surface area contributed by atoms with Crippen LogP contribution < -0.4 is 5.32 Å². The molecule has 71 heavy (non-hydrogen) atoms. The minimum absolute atomic E-state index is 0.0774. The van der Waals surface area contributed by atoms with E-state index >= 15 is 0 Å². The average molecular weight is 1030 g/mol. The Morgan fingerprint density at radius 3 is 1.08 bits per heavy atom. The van der Waals surface area contributed by atoms with Crippen LogP contribution in [0.15, 0.2) is 12.2 Å². The molecule has 0 aliphatic heterocycles. The third-order valence-corrected chi connectivity index (χ3v) is 15.7. The molecule has 0 saturated heterocycles. The molecule has 0 spiro atoms. The van der Waals surface area contributed by atoms with Crippen LogP contribution in [0.1, 0.15) is 328 Å². The summed E-state index contributed by atoms with van der Waals surface area (Å²) in [4.78, 5) is 23.4. The van der Waals surface area contributed by atoms with Crippen molar-refractivity contribution in [2.24, 2.45) is 0 Å². The molecule has 0 bridgehead atoms. The van der Waals surface area contributed by atoms with Crippen molar-refractivity contribution >= 4 is 13.7 Å². The number of hydrogen-bond donors (Lipinski definition) is 3. The zero-order valence-corrected chi connectivity index (χ0v) is 49.4. The van der Waals surface area contributed by atoms with E-state index in [4.69, 9.17) is 9.05 Å². The van der Waals surface area contributed by atoms with Crippen molar-refractivity contribution in [1.82, 2.24) is 5.32 Å². The minimum Gasteiger partial charge on any atom is -0.391 e. The lowest BCUT2D eigenvalue weighted by atomic mass is 10.0. The van der Waals surface area contributed by atoms with Crippen LogP contribution in [0.2, 0.25) is 0 Å². The largest absolute Gasteiger partial charge is 0.472 e. The van der Waals surface area contributed by atoms with Gasteiger partial charge in [-0.15, -0.1) is 0 Å². The first-order chi connectivity index (χ1) is 34.5. The van der Waals surface area contributed by atoms with Crippen molar-refractivity contribution in [3.05, 3.63) is 12.2 Å². The van der Waals surface area contributed by atoms with Crippen LogP contribution in [0.4, 0.5) is 0 Å². The first-order valence-corrected chi connectivity index (χ1v) is 33.0. The van der Waals surface area contributed by atoms with Crippen LogP contribution in [0.5, 0.6) is 0 Å². The van der Waals surface area contributed by atoms with Crippen LogP contribution in [0.25, 0.3) is 0 Å². The highest BCUT2D eigenvalue weighted by Gasteiger charge is 2.28. The van der Waals surface area contributed by atoms with Gasteiger partial charge in [-0.25, -0.2) is 4.57 Å². The van der Waals surface area contributed by atoms with Crippen LogP contribution in [0.3, 0.4) is 0 Å². The number of aliphatic hydroxyl groups is 1. The van der Waals surface area contributed by atoms with Gasteiger partial charge >= 0.3 is 7.82 Å². The lowest BCUT2D eigenvalue weighted by molar-refractivity contribution is -0.870. The average Bonchev–Trinajstić information content (AvgIpc) is 3.33. The highest BCUT2D eigenvalue weighted by Crippen LogP contribution is 2.43. The predicted octanol–water partition coefficient (Wildman–Crippen LogP) is 19.4. The van der Waals surface area contributed by atoms with E-state index in [-0.39, 0.29) is 19.1 Å². The molecule has 9 heteroatoms. The van der Waals surface area contributed by atoms with Gasteiger partial charge in [-0.2, -0.15) is 0 Å². The zero-order valence-electron chi connectivity index (χ0n) is 48.5. The summed E-state index contributed by atoms with van der Waals surface area (Å²) in [6.45, 7) is 4.94. The fourth-order valence-corrected chi connectivity index (χ4v) is 10.5. The Bertz CT molecular complexity index is 1160. The molecular weight excluding hydrogens is 900 g/mol. The molecular formula is C62H126N2O6P+. The number of phosphoric ester groups is 1. The zero-order chi connectivity index (χ0) is 52.0. The molecule has 0 aliphatic carbocycles. The molecule has 0 radical (unpaired) electrons. The second-order valence-corrected chi connectivity index (χ2v) is 24.6. The summed E-state index contributed by atoms with van der Waals surface area (Å²) in [6.07, 6.45) is 67.1. The molecule has 0 fully saturated rings. The SMILES string of the molecule is CCCCCCCCCC/C=C\CCCCCCCCCCCCCC(=O)NC(COP(=O)(O)OCC[N+](C)(C)C)C(O)CCCCCCCCCCCCCCCCCCCCCCCCCCCC. The van der Waals surface area contributed by atoms with E-state index < -0.39 is 20.0 Å². The number of allylic oxidation sites excluding steroid dienone is 2. The second kappa shape index (κ2) is 54.0. The van der Waals surface area contributed by atoms with Gasteiger partial charge in [0.25, 0.3) is 0 Å². The first-order valence-electron chi connectivity index (χ1n) is 31.6. The second-order valence-electron chi connectivity index (χ2n) is 23.1. The fraction of sp³-hybridized carbons (Fsp3) is 0.952. The van der Waals surface area contributed by atoms with Crippen molar-refractivity contribution < 1.29 is 32.9 Å². The Morgan fingerprint density at radius 2 is 0.761 bits per heavy atom. The topological polar surface area (TPSA) is 105 Å². The van der Waals surface area contributed by atoms with Gasteiger partial charge in [-0.1, -0.05) is 296 Å². The van der Waals surface area contributed by atoms with Gasteiger partial charge in [0, 0.05) is 6.42 Å². The number of quaternary nitrogens is 1. The number of hydrogen-bond acceptors (Lipinski definition) is 5. The van der Waals surface area contributed by atoms with Gasteiger partial charge in [0.05, 0.1) is 39.9 Å². The highest BCUT2D eigenvalue weighted by molar-refractivity contribution is 7.47. The number of likely N-dealkylation sites (N-methyl/N-ethyl adjacent to an activating group) is 1. The van der Waals surface area contributed by atoms with E-state index in [1.165, 1.54) is 263 Å². The maximum atomic E-state index is 13.0. The van der Waals surface area contributed by atoms with Crippen molar-refractivity contribution in [2.75, 3.05) is 40.9 Å². The fourth-order valence-electron chi connectivity index (χ4n) is 9.81. The summed E-state index contributed by atoms with van der Waals surface area (Å²) >= 11 is 0. The molecule has 424 valence electrons. The Kier molecular flexibility index (Phi) is 53.5. The third kappa shape index (κ3) is 56.8. The quantitative estimate of drug-likeness (QED) is 0.0243. The number of nitrogens with one attached hydrogen (secondary N) is 1. The molecule has 3 unspecified atom stereocenters. The van der Waals surface area contributed by atoms with Crippen LogP contribution in [-0.2, 0) is 18.4 Å². The van der Waals surface area contributed by atoms with Crippen LogP contribution in [0, 0.1) is 0 Å². The lowest BCUT2D eigenvalue weighted by Gasteiger charge is -2.26. The Hall–Kier alpha value is -0.760. The predicted molar refractivity (Wildman–Crippen MR) is 309 cm³/mol. The molecule has 0 aromatic carbocycles. The maximum absolute atomic E-state index is 13.0. The Balaban J connectivity index is 4.08. The number of carbonyl (C=O) groups excluding carboxylic acids is 1. The number of amides is 1. The minimum atomic E-state index is -4.32. The van der Waals surface area contributed by atoms with E-state index in [0.29, 0.717) is 23.9 Å². The molecule has 0 heterocycles. The third-order valence-electron chi connectivity index (χ3n) is 14.8. The van der Waals surface area contributed by atoms with Crippen molar-refractivity contribution in [2.45, 2.75) is 341 Å². The first kappa shape index (κ1) is 70.2. The van der Waals surface area contributed by atoms with Crippen molar-refractivity contribution in [3.8, 4) is 0 Å². The lowest BCUT2D eigenvalue weighted by Crippen LogP contribution is -2.46. The molecule has 0 saturated carbocycles. The van der Waals surface area contributed by atoms with Gasteiger partial charge in [0.1, 0.15) is 13.2 Å². The van der Waals surface area contributed by atoms with Gasteiger partial charge in [-0.05, 0) is 38.5 Å². The number of carbonyl (C=O) groups is 1. The number of nitrogens with zero attached hydrogens (tertiary/aromatic N) is 1. The highest BCUT2D eigenvalue weighted by atomic mass is 31.2. The molecule has 3 atom stereocenters. The van der Waals surface area contributed by atoms with Crippen molar-refractivity contribution in [3.63, 3.8) is 0 Å². The molecule has 0 aromatic rings. The summed E-state index contributed by atoms with van der Waals surface area (Å²) in [5, 5.41) is 14.1. The molecule has 0 aliphatic rings. The van der Waals surface area contributed by atoms with E-state index in [9.17, 15) is 19.4 Å². The summed E-state index contributed by atoms with van der Waals surface area (Å²) in [5.41, 5.74) is 0. The summed E-state index contributed by atoms with van der Waals surface area (Å²) in [5.74, 6) is -0.139. The van der Waals surface area contributed by atoms with E-state index in [1.807, 2.05) is 21.1 Å². The van der Waals surface area contributed by atoms with Gasteiger partial charge < -0.3 is 19.8 Å². The molecule has 3 N–H and O–H groups in total. The normalized spacial score (nSPS) is 13.8. The van der Waals surface area contributed by atoms with E-state index in [0.717, 1.165) is 38.5 Å². The number of rotatable bonds is 59. The van der Waals surface area contributed by atoms with Crippen LogP contribution in [-0.4, -0.2) is 73.4 Å². The monoisotopic (exact) mass is 1030 g/mol. The number of unbranched alkanes of at least 4 members (excludes halogenated alkanes) is 44. The van der Waals surface area contributed by atoms with Crippen molar-refractivity contribution in [1.29, 1.82) is 0 Å². The van der Waals surface area contributed by atoms with Gasteiger partial charge in [0.15, 0.2) is 0 Å². The summed E-state index contributed by atoms with van der Waals surface area (Å²) < 4.78 is 23.8. The summed E-state index contributed by atoms with van der Waals surface area (Å²) in [7, 11) is 1.63. The standard InChI is InChI=1S/C62H125N2O6P/c1-6-8-10-12-14-16-18-20-22-24-26-28-30-31-32-34-35-37-39-41-43-45-47-49-51-53-55-61(65)60(59-70-71(67,68)69-58-57-64(3,4)5)63-62(66)56-54-52-50-48-46-44-42-40-38-36-33-29-27-25-23-21-19-17-15-13-11-9-7-2/h25,27,60-61,65H,6-24,26,28-59H2,1-5H3,(H-,63,66,67,68)/p+1/b27-25-. The smallest absolute Gasteiger partial charge is 0.391 e. The Labute approximate surface area is 443 Å². The molecule has 0 aromatic heterocycles. The molecule has 1 amide bonds. The Morgan fingerprint density at radius 1 is 0.465 bits per heavy atom. The van der Waals surface area contributed by atoms with E-state index in [2.05, 4.69) is 31.3 Å². The van der Waals surface area contributed by atoms with Crippen LogP contribution >= 0.6 is 7.82 Å². The summed E-state index contributed by atoms with van der Waals surface area (Å²) in [6, 6.07) is -0.759. The number of aliphatic hydroxyl groups excluding tert-OH is 1. The van der Waals surface area contributed by atoms with Gasteiger partial charge in [0.2, 0.25) is 5.91 Å². The molecule has 8 nitrogen and oxygen atoms in total. The number of phosphoric acid groups is 1. The maximum Gasteiger partial charge on any atom is 0.472 e. The van der Waals surface area contributed by atoms with E-state index in [1.54, 1.807) is 0 Å².